The fourth-order valence-electron chi connectivity index (χ4n) is 0.727. The monoisotopic (exact) mass is 165 g/mol. The van der Waals surface area contributed by atoms with Crippen LogP contribution in [0.4, 0.5) is 0 Å². The van der Waals surface area contributed by atoms with Crippen molar-refractivity contribution in [3.63, 3.8) is 0 Å². The van der Waals surface area contributed by atoms with Crippen molar-refractivity contribution in [3.05, 3.63) is 43.0 Å². The number of rotatable bonds is 3. The molecular weight excluding hydrogens is 156 g/mol. The van der Waals surface area contributed by atoms with Crippen LogP contribution in [0.25, 0.3) is 0 Å². The van der Waals surface area contributed by atoms with E-state index in [1.165, 1.54) is 0 Å². The van der Waals surface area contributed by atoms with Crippen LogP contribution in [0.5, 0.6) is 0 Å². The molecule has 0 fully saturated rings. The molecule has 0 saturated carbocycles. The van der Waals surface area contributed by atoms with Gasteiger partial charge in [0.05, 0.1) is 0 Å². The molecule has 1 atom stereocenters. The SMILES string of the molecule is C=CC[S+]([O-])c1cc[c]cc1. The van der Waals surface area contributed by atoms with E-state index in [2.05, 4.69) is 12.6 Å². The van der Waals surface area contributed by atoms with Crippen LogP contribution in [0.3, 0.4) is 0 Å². The topological polar surface area (TPSA) is 23.1 Å². The van der Waals surface area contributed by atoms with E-state index in [-0.39, 0.29) is 0 Å². The third-order valence-electron chi connectivity index (χ3n) is 1.22. The number of benzene rings is 1. The summed E-state index contributed by atoms with van der Waals surface area (Å²) in [7, 11) is 0. The van der Waals surface area contributed by atoms with Crippen LogP contribution in [-0.2, 0) is 11.2 Å². The Balaban J connectivity index is 2.68. The Morgan fingerprint density at radius 2 is 2.18 bits per heavy atom. The summed E-state index contributed by atoms with van der Waals surface area (Å²) in [6.07, 6.45) is 1.66. The first-order valence-electron chi connectivity index (χ1n) is 3.30. The molecule has 0 bridgehead atoms. The average Bonchev–Trinajstić information content (AvgIpc) is 2.07. The van der Waals surface area contributed by atoms with Gasteiger partial charge in [0.15, 0.2) is 4.90 Å². The van der Waals surface area contributed by atoms with Gasteiger partial charge in [-0.25, -0.2) is 0 Å². The van der Waals surface area contributed by atoms with E-state index in [4.69, 9.17) is 0 Å². The summed E-state index contributed by atoms with van der Waals surface area (Å²) in [6.45, 7) is 3.53. The van der Waals surface area contributed by atoms with Crippen LogP contribution >= 0.6 is 0 Å². The molecule has 2 heteroatoms. The highest BCUT2D eigenvalue weighted by Crippen LogP contribution is 2.09. The molecule has 0 heterocycles. The zero-order valence-electron chi connectivity index (χ0n) is 6.12. The normalized spacial score (nSPS) is 12.5. The van der Waals surface area contributed by atoms with Crippen molar-refractivity contribution in [3.8, 4) is 0 Å². The van der Waals surface area contributed by atoms with Crippen molar-refractivity contribution in [2.75, 3.05) is 5.75 Å². The lowest BCUT2D eigenvalue weighted by molar-refractivity contribution is 0.598. The van der Waals surface area contributed by atoms with E-state index in [0.29, 0.717) is 5.75 Å². The highest BCUT2D eigenvalue weighted by molar-refractivity contribution is 7.91. The van der Waals surface area contributed by atoms with Crippen molar-refractivity contribution >= 4 is 11.2 Å². The van der Waals surface area contributed by atoms with Gasteiger partial charge in [-0.05, 0) is 47.6 Å². The first kappa shape index (κ1) is 8.37. The smallest absolute Gasteiger partial charge is 0.153 e. The minimum absolute atomic E-state index is 0.518. The molecular formula is C9H9OS. The summed E-state index contributed by atoms with van der Waals surface area (Å²) in [5.41, 5.74) is 0. The molecule has 0 amide bonds. The number of hydrogen-bond donors (Lipinski definition) is 0. The Morgan fingerprint density at radius 3 is 2.73 bits per heavy atom. The van der Waals surface area contributed by atoms with Gasteiger partial charge in [0.2, 0.25) is 0 Å². The van der Waals surface area contributed by atoms with Gasteiger partial charge < -0.3 is 4.55 Å². The Labute approximate surface area is 69.9 Å². The van der Waals surface area contributed by atoms with Gasteiger partial charge in [-0.2, -0.15) is 0 Å². The molecule has 1 aromatic carbocycles. The largest absolute Gasteiger partial charge is 0.611 e. The predicted octanol–water partition coefficient (Wildman–Crippen LogP) is 1.78. The van der Waals surface area contributed by atoms with Crippen LogP contribution in [0, 0.1) is 6.07 Å². The second kappa shape index (κ2) is 4.21. The lowest BCUT2D eigenvalue weighted by Crippen LogP contribution is -2.03. The molecule has 0 saturated heterocycles. The summed E-state index contributed by atoms with van der Waals surface area (Å²) in [5.74, 6) is 0.518. The van der Waals surface area contributed by atoms with Crippen molar-refractivity contribution < 1.29 is 4.55 Å². The van der Waals surface area contributed by atoms with Crippen molar-refractivity contribution in [2.45, 2.75) is 4.90 Å². The third-order valence-corrected chi connectivity index (χ3v) is 2.56. The molecule has 1 rings (SSSR count). The molecule has 0 N–H and O–H groups in total. The summed E-state index contributed by atoms with van der Waals surface area (Å²) in [5, 5.41) is 0. The second-order valence-electron chi connectivity index (χ2n) is 2.04. The van der Waals surface area contributed by atoms with Crippen LogP contribution in [-0.4, -0.2) is 10.3 Å². The van der Waals surface area contributed by atoms with Crippen molar-refractivity contribution in [2.24, 2.45) is 0 Å². The molecule has 0 aliphatic rings. The van der Waals surface area contributed by atoms with Gasteiger partial charge in [-0.3, -0.25) is 0 Å². The summed E-state index contributed by atoms with van der Waals surface area (Å²) in [4.78, 5) is 0.837. The van der Waals surface area contributed by atoms with Crippen LogP contribution in [0.2, 0.25) is 0 Å². The maximum atomic E-state index is 11.3. The molecule has 0 aliphatic carbocycles. The van der Waals surface area contributed by atoms with E-state index in [1.807, 2.05) is 0 Å². The second-order valence-corrected chi connectivity index (χ2v) is 3.53. The molecule has 11 heavy (non-hydrogen) atoms. The van der Waals surface area contributed by atoms with E-state index in [0.717, 1.165) is 4.90 Å². The standard InChI is InChI=1S/C9H9OS/c1-2-8-11(10)9-6-4-3-5-7-9/h2,4-7H,1,8H2. The zero-order chi connectivity index (χ0) is 8.10. The van der Waals surface area contributed by atoms with Crippen LogP contribution < -0.4 is 0 Å². The van der Waals surface area contributed by atoms with Crippen molar-refractivity contribution in [1.29, 1.82) is 0 Å². The first-order chi connectivity index (χ1) is 5.34. The van der Waals surface area contributed by atoms with E-state index >= 15 is 0 Å². The van der Waals surface area contributed by atoms with Gasteiger partial charge in [0.1, 0.15) is 5.75 Å². The maximum absolute atomic E-state index is 11.3. The average molecular weight is 165 g/mol. The molecule has 0 spiro atoms. The Kier molecular flexibility index (Phi) is 3.20. The molecule has 57 valence electrons. The summed E-state index contributed by atoms with van der Waals surface area (Å²) in [6, 6.07) is 10.0. The fraction of sp³-hybridized carbons (Fsp3) is 0.111. The highest BCUT2D eigenvalue weighted by atomic mass is 32.2. The third kappa shape index (κ3) is 2.41. The fourth-order valence-corrected chi connectivity index (χ4v) is 1.57. The Bertz CT molecular complexity index is 220. The molecule has 0 aliphatic heterocycles. The quantitative estimate of drug-likeness (QED) is 0.494. The van der Waals surface area contributed by atoms with Gasteiger partial charge in [-0.15, -0.1) is 0 Å². The minimum Gasteiger partial charge on any atom is -0.611 e. The Hall–Kier alpha value is -0.730. The van der Waals surface area contributed by atoms with E-state index < -0.39 is 11.2 Å². The van der Waals surface area contributed by atoms with Crippen LogP contribution in [0.15, 0.2) is 41.8 Å². The van der Waals surface area contributed by atoms with Crippen molar-refractivity contribution in [1.82, 2.24) is 0 Å². The predicted molar refractivity (Wildman–Crippen MR) is 46.8 cm³/mol. The molecule has 1 aromatic rings. The van der Waals surface area contributed by atoms with Gasteiger partial charge in [0.25, 0.3) is 0 Å². The van der Waals surface area contributed by atoms with Gasteiger partial charge in [-0.1, -0.05) is 6.58 Å². The molecule has 0 aromatic heterocycles. The molecule has 1 unspecified atom stereocenters. The van der Waals surface area contributed by atoms with Gasteiger partial charge in [0, 0.05) is 0 Å². The zero-order valence-corrected chi connectivity index (χ0v) is 6.93. The van der Waals surface area contributed by atoms with Gasteiger partial charge >= 0.3 is 0 Å². The summed E-state index contributed by atoms with van der Waals surface area (Å²) >= 11 is -0.921. The molecule has 1 radical (unpaired) electrons. The summed E-state index contributed by atoms with van der Waals surface area (Å²) < 4.78 is 11.3. The minimum atomic E-state index is -0.921. The lowest BCUT2D eigenvalue weighted by atomic mass is 10.4. The van der Waals surface area contributed by atoms with E-state index in [9.17, 15) is 4.55 Å². The Morgan fingerprint density at radius 1 is 1.55 bits per heavy atom. The lowest BCUT2D eigenvalue weighted by Gasteiger charge is -2.06. The highest BCUT2D eigenvalue weighted by Gasteiger charge is 2.05. The number of hydrogen-bond acceptors (Lipinski definition) is 1. The van der Waals surface area contributed by atoms with Crippen LogP contribution in [0.1, 0.15) is 0 Å². The molecule has 1 nitrogen and oxygen atoms in total. The maximum Gasteiger partial charge on any atom is 0.153 e. The first-order valence-corrected chi connectivity index (χ1v) is 4.62. The van der Waals surface area contributed by atoms with E-state index in [1.54, 1.807) is 30.3 Å².